The van der Waals surface area contributed by atoms with Crippen LogP contribution in [0.1, 0.15) is 5.82 Å². The Morgan fingerprint density at radius 1 is 1.25 bits per heavy atom. The van der Waals surface area contributed by atoms with Gasteiger partial charge in [0, 0.05) is 36.8 Å². The van der Waals surface area contributed by atoms with Gasteiger partial charge in [-0.25, -0.2) is 14.8 Å². The summed E-state index contributed by atoms with van der Waals surface area (Å²) in [5.41, 5.74) is 2.97. The van der Waals surface area contributed by atoms with Crippen molar-refractivity contribution in [2.24, 2.45) is 0 Å². The number of carbonyl (C=O) groups is 1. The molecule has 0 atom stereocenters. The van der Waals surface area contributed by atoms with E-state index < -0.39 is 5.97 Å². The first-order valence-corrected chi connectivity index (χ1v) is 6.09. The Labute approximate surface area is 117 Å². The Morgan fingerprint density at radius 2 is 2.00 bits per heavy atom. The number of benzene rings is 1. The summed E-state index contributed by atoms with van der Waals surface area (Å²) in [4.78, 5) is 19.4. The number of anilines is 1. The quantitative estimate of drug-likeness (QED) is 0.682. The van der Waals surface area contributed by atoms with Crippen LogP contribution in [-0.2, 0) is 9.53 Å². The molecular weight excluding hydrogens is 254 g/mol. The van der Waals surface area contributed by atoms with E-state index in [0.29, 0.717) is 5.82 Å². The van der Waals surface area contributed by atoms with E-state index >= 15 is 0 Å². The first-order chi connectivity index (χ1) is 9.72. The number of rotatable bonds is 4. The van der Waals surface area contributed by atoms with Gasteiger partial charge in [-0.05, 0) is 23.8 Å². The predicted octanol–water partition coefficient (Wildman–Crippen LogP) is 2.37. The van der Waals surface area contributed by atoms with E-state index in [1.54, 1.807) is 12.4 Å². The maximum Gasteiger partial charge on any atom is 0.330 e. The molecule has 1 heterocycles. The predicted molar refractivity (Wildman–Crippen MR) is 78.1 cm³/mol. The topological polar surface area (TPSA) is 64.1 Å². The third-order valence-electron chi connectivity index (χ3n) is 2.73. The summed E-state index contributed by atoms with van der Waals surface area (Å²) in [6.07, 6.45) is 6.24. The third-order valence-corrected chi connectivity index (χ3v) is 2.73. The Kier molecular flexibility index (Phi) is 4.44. The molecule has 0 spiro atoms. The SMILES string of the molecule is CNc1cccc(-c2cnc(/C=C/C(=O)OC)nc2)c1. The molecule has 5 heteroatoms. The van der Waals surface area contributed by atoms with Crippen LogP contribution < -0.4 is 5.32 Å². The molecule has 0 unspecified atom stereocenters. The smallest absolute Gasteiger partial charge is 0.330 e. The summed E-state index contributed by atoms with van der Waals surface area (Å²) >= 11 is 0. The monoisotopic (exact) mass is 269 g/mol. The van der Waals surface area contributed by atoms with Crippen molar-refractivity contribution in [3.8, 4) is 11.1 Å². The van der Waals surface area contributed by atoms with Gasteiger partial charge in [0.2, 0.25) is 0 Å². The third kappa shape index (κ3) is 3.41. The summed E-state index contributed by atoms with van der Waals surface area (Å²) in [6, 6.07) is 7.95. The van der Waals surface area contributed by atoms with Gasteiger partial charge < -0.3 is 10.1 Å². The molecule has 0 aliphatic rings. The second-order valence-electron chi connectivity index (χ2n) is 4.02. The Balaban J connectivity index is 2.19. The Hall–Kier alpha value is -2.69. The van der Waals surface area contributed by atoms with E-state index in [4.69, 9.17) is 0 Å². The number of nitrogens with one attached hydrogen (secondary N) is 1. The largest absolute Gasteiger partial charge is 0.466 e. The lowest BCUT2D eigenvalue weighted by Crippen LogP contribution is -1.95. The van der Waals surface area contributed by atoms with Crippen molar-refractivity contribution in [3.05, 3.63) is 48.6 Å². The van der Waals surface area contributed by atoms with Crippen LogP contribution in [0.2, 0.25) is 0 Å². The molecule has 0 radical (unpaired) electrons. The fourth-order valence-electron chi connectivity index (χ4n) is 1.64. The summed E-state index contributed by atoms with van der Waals surface area (Å²) in [5.74, 6) is 0.0309. The molecule has 0 amide bonds. The first kappa shape index (κ1) is 13.7. The summed E-state index contributed by atoms with van der Waals surface area (Å²) < 4.78 is 4.50. The van der Waals surface area contributed by atoms with Crippen molar-refractivity contribution in [1.29, 1.82) is 0 Å². The number of methoxy groups -OCH3 is 1. The lowest BCUT2D eigenvalue weighted by Gasteiger charge is -2.04. The maximum absolute atomic E-state index is 11.0. The van der Waals surface area contributed by atoms with Gasteiger partial charge in [-0.15, -0.1) is 0 Å². The highest BCUT2D eigenvalue weighted by Gasteiger charge is 2.00. The second-order valence-corrected chi connectivity index (χ2v) is 4.02. The number of esters is 1. The number of ether oxygens (including phenoxy) is 1. The normalized spacial score (nSPS) is 10.5. The molecule has 0 saturated carbocycles. The van der Waals surface area contributed by atoms with Gasteiger partial charge in [-0.1, -0.05) is 12.1 Å². The van der Waals surface area contributed by atoms with Crippen molar-refractivity contribution in [1.82, 2.24) is 9.97 Å². The van der Waals surface area contributed by atoms with Gasteiger partial charge in [0.15, 0.2) is 5.82 Å². The Bertz CT molecular complexity index is 621. The zero-order valence-electron chi connectivity index (χ0n) is 11.3. The van der Waals surface area contributed by atoms with Gasteiger partial charge in [0.05, 0.1) is 7.11 Å². The molecule has 1 aromatic heterocycles. The van der Waals surface area contributed by atoms with Gasteiger partial charge in [-0.3, -0.25) is 0 Å². The second kappa shape index (κ2) is 6.47. The number of aromatic nitrogens is 2. The van der Waals surface area contributed by atoms with Crippen LogP contribution in [0, 0.1) is 0 Å². The number of hydrogen-bond donors (Lipinski definition) is 1. The van der Waals surface area contributed by atoms with Gasteiger partial charge >= 0.3 is 5.97 Å². The fraction of sp³-hybridized carbons (Fsp3) is 0.133. The molecule has 20 heavy (non-hydrogen) atoms. The van der Waals surface area contributed by atoms with Crippen LogP contribution in [0.3, 0.4) is 0 Å². The molecule has 0 aliphatic carbocycles. The number of carbonyl (C=O) groups excluding carboxylic acids is 1. The van der Waals surface area contributed by atoms with E-state index in [1.807, 2.05) is 31.3 Å². The molecule has 2 rings (SSSR count). The lowest BCUT2D eigenvalue weighted by molar-refractivity contribution is -0.134. The van der Waals surface area contributed by atoms with Gasteiger partial charge in [-0.2, -0.15) is 0 Å². The summed E-state index contributed by atoms with van der Waals surface area (Å²) in [6.45, 7) is 0. The van der Waals surface area contributed by atoms with E-state index in [-0.39, 0.29) is 0 Å². The van der Waals surface area contributed by atoms with Crippen LogP contribution in [0.15, 0.2) is 42.7 Å². The number of hydrogen-bond acceptors (Lipinski definition) is 5. The minimum absolute atomic E-state index is 0.431. The molecular formula is C15H15N3O2. The summed E-state index contributed by atoms with van der Waals surface area (Å²) in [7, 11) is 3.20. The van der Waals surface area contributed by atoms with E-state index in [0.717, 1.165) is 16.8 Å². The molecule has 1 aromatic carbocycles. The molecule has 5 nitrogen and oxygen atoms in total. The maximum atomic E-state index is 11.0. The molecule has 0 saturated heterocycles. The molecule has 2 aromatic rings. The van der Waals surface area contributed by atoms with Crippen molar-refractivity contribution >= 4 is 17.7 Å². The van der Waals surface area contributed by atoms with E-state index in [1.165, 1.54) is 19.3 Å². The van der Waals surface area contributed by atoms with E-state index in [2.05, 4.69) is 20.0 Å². The minimum atomic E-state index is -0.431. The standard InChI is InChI=1S/C15H15N3O2/c1-16-13-5-3-4-11(8-13)12-9-17-14(18-10-12)6-7-15(19)20-2/h3-10,16H,1-2H3/b7-6+. The van der Waals surface area contributed by atoms with Crippen molar-refractivity contribution in [2.75, 3.05) is 19.5 Å². The van der Waals surface area contributed by atoms with Crippen LogP contribution in [0.4, 0.5) is 5.69 Å². The minimum Gasteiger partial charge on any atom is -0.466 e. The number of nitrogens with zero attached hydrogens (tertiary/aromatic N) is 2. The summed E-state index contributed by atoms with van der Waals surface area (Å²) in [5, 5.41) is 3.08. The van der Waals surface area contributed by atoms with Crippen LogP contribution in [-0.4, -0.2) is 30.1 Å². The molecule has 0 fully saturated rings. The molecule has 0 aliphatic heterocycles. The van der Waals surface area contributed by atoms with Gasteiger partial charge in [0.25, 0.3) is 0 Å². The van der Waals surface area contributed by atoms with Gasteiger partial charge in [0.1, 0.15) is 0 Å². The molecule has 1 N–H and O–H groups in total. The van der Waals surface area contributed by atoms with Crippen LogP contribution in [0.5, 0.6) is 0 Å². The first-order valence-electron chi connectivity index (χ1n) is 6.09. The average molecular weight is 269 g/mol. The zero-order valence-corrected chi connectivity index (χ0v) is 11.3. The van der Waals surface area contributed by atoms with E-state index in [9.17, 15) is 4.79 Å². The van der Waals surface area contributed by atoms with Crippen molar-refractivity contribution in [2.45, 2.75) is 0 Å². The van der Waals surface area contributed by atoms with Crippen molar-refractivity contribution in [3.63, 3.8) is 0 Å². The van der Waals surface area contributed by atoms with Crippen LogP contribution >= 0.6 is 0 Å². The lowest BCUT2D eigenvalue weighted by atomic mass is 10.1. The average Bonchev–Trinajstić information content (AvgIpc) is 2.53. The van der Waals surface area contributed by atoms with Crippen LogP contribution in [0.25, 0.3) is 17.2 Å². The highest BCUT2D eigenvalue weighted by atomic mass is 16.5. The Morgan fingerprint density at radius 3 is 2.65 bits per heavy atom. The highest BCUT2D eigenvalue weighted by molar-refractivity contribution is 5.86. The highest BCUT2D eigenvalue weighted by Crippen LogP contribution is 2.21. The molecule has 0 bridgehead atoms. The van der Waals surface area contributed by atoms with Crippen molar-refractivity contribution < 1.29 is 9.53 Å². The zero-order chi connectivity index (χ0) is 14.4. The molecule has 102 valence electrons. The fourth-order valence-corrected chi connectivity index (χ4v) is 1.64.